The van der Waals surface area contributed by atoms with Gasteiger partial charge in [0.1, 0.15) is 0 Å². The summed E-state index contributed by atoms with van der Waals surface area (Å²) in [5, 5.41) is 0.728. The van der Waals surface area contributed by atoms with E-state index >= 15 is 0 Å². The van der Waals surface area contributed by atoms with Crippen molar-refractivity contribution < 1.29 is 4.42 Å². The van der Waals surface area contributed by atoms with E-state index in [1.807, 2.05) is 42.6 Å². The molecule has 0 amide bonds. The van der Waals surface area contributed by atoms with Gasteiger partial charge in [-0.1, -0.05) is 17.7 Å². The number of aromatic nitrogens is 1. The van der Waals surface area contributed by atoms with Crippen LogP contribution >= 0.6 is 11.6 Å². The van der Waals surface area contributed by atoms with Gasteiger partial charge in [0.15, 0.2) is 0 Å². The van der Waals surface area contributed by atoms with Crippen LogP contribution in [0.1, 0.15) is 17.0 Å². The van der Waals surface area contributed by atoms with Gasteiger partial charge < -0.3 is 8.98 Å². The fraction of sp³-hybridized carbons (Fsp3) is 0.118. The molecule has 0 saturated heterocycles. The lowest BCUT2D eigenvalue weighted by molar-refractivity contribution is 0.578. The summed E-state index contributed by atoms with van der Waals surface area (Å²) in [4.78, 5) is 4.33. The van der Waals surface area contributed by atoms with Crippen LogP contribution in [0.25, 0.3) is 5.69 Å². The Balaban J connectivity index is 2.00. The molecular weight excluding hydrogens is 284 g/mol. The minimum atomic E-state index is 0.600. The second kappa shape index (κ2) is 5.62. The van der Waals surface area contributed by atoms with Gasteiger partial charge in [-0.15, -0.1) is 0 Å². The monoisotopic (exact) mass is 298 g/mol. The molecule has 0 aliphatic rings. The number of hydrogen-bond donors (Lipinski definition) is 0. The highest BCUT2D eigenvalue weighted by Gasteiger charge is 2.09. The van der Waals surface area contributed by atoms with Crippen LogP contribution in [0, 0.1) is 13.8 Å². The molecule has 0 unspecified atom stereocenters. The molecule has 0 bridgehead atoms. The number of halogens is 1. The largest absolute Gasteiger partial charge is 0.447 e. The highest BCUT2D eigenvalue weighted by atomic mass is 35.5. The molecule has 0 fully saturated rings. The maximum atomic E-state index is 6.08. The minimum Gasteiger partial charge on any atom is -0.447 e. The lowest BCUT2D eigenvalue weighted by atomic mass is 10.2. The Kier molecular flexibility index (Phi) is 3.67. The van der Waals surface area contributed by atoms with Crippen LogP contribution < -0.4 is 0 Å². The van der Waals surface area contributed by atoms with Crippen molar-refractivity contribution in [1.29, 1.82) is 0 Å². The highest BCUT2D eigenvalue weighted by Crippen LogP contribution is 2.22. The van der Waals surface area contributed by atoms with Crippen molar-refractivity contribution in [2.45, 2.75) is 13.8 Å². The van der Waals surface area contributed by atoms with Gasteiger partial charge in [-0.2, -0.15) is 0 Å². The number of nitrogens with zero attached hydrogens (tertiary/aromatic N) is 2. The molecule has 2 aromatic heterocycles. The molecule has 1 aromatic carbocycles. The smallest absolute Gasteiger partial charge is 0.218 e. The highest BCUT2D eigenvalue weighted by molar-refractivity contribution is 6.30. The van der Waals surface area contributed by atoms with Gasteiger partial charge in [0.2, 0.25) is 5.88 Å². The van der Waals surface area contributed by atoms with E-state index in [9.17, 15) is 0 Å². The number of furan rings is 1. The summed E-state index contributed by atoms with van der Waals surface area (Å²) in [5.41, 5.74) is 4.36. The van der Waals surface area contributed by atoms with Crippen LogP contribution in [0.4, 0.5) is 5.88 Å². The van der Waals surface area contributed by atoms with Gasteiger partial charge in [0.25, 0.3) is 0 Å². The lowest BCUT2D eigenvalue weighted by Gasteiger charge is -2.09. The van der Waals surface area contributed by atoms with Gasteiger partial charge in [0, 0.05) is 39.9 Å². The van der Waals surface area contributed by atoms with Crippen LogP contribution in [0.15, 0.2) is 58.1 Å². The van der Waals surface area contributed by atoms with E-state index in [0.29, 0.717) is 5.88 Å². The second-order valence-corrected chi connectivity index (χ2v) is 5.29. The average Bonchev–Trinajstić information content (AvgIpc) is 3.05. The van der Waals surface area contributed by atoms with Crippen LogP contribution in [-0.4, -0.2) is 10.8 Å². The quantitative estimate of drug-likeness (QED) is 0.619. The van der Waals surface area contributed by atoms with Gasteiger partial charge in [-0.3, -0.25) is 0 Å². The molecule has 0 aliphatic heterocycles. The molecule has 3 nitrogen and oxygen atoms in total. The third kappa shape index (κ3) is 2.78. The molecule has 0 spiro atoms. The topological polar surface area (TPSA) is 30.4 Å². The van der Waals surface area contributed by atoms with Gasteiger partial charge >= 0.3 is 0 Å². The van der Waals surface area contributed by atoms with E-state index in [1.54, 1.807) is 6.26 Å². The first-order chi connectivity index (χ1) is 10.1. The first-order valence-electron chi connectivity index (χ1n) is 6.67. The van der Waals surface area contributed by atoms with Crippen LogP contribution in [0.2, 0.25) is 5.02 Å². The normalized spacial score (nSPS) is 11.4. The summed E-state index contributed by atoms with van der Waals surface area (Å²) in [5.74, 6) is 0.600. The first kappa shape index (κ1) is 13.7. The molecule has 0 N–H and O–H groups in total. The molecule has 21 heavy (non-hydrogen) atoms. The molecule has 106 valence electrons. The SMILES string of the molecule is Cc1cc(C=Nc2ccco2)c(C)n1-c1cccc(Cl)c1. The van der Waals surface area contributed by atoms with Crippen molar-refractivity contribution >= 4 is 23.7 Å². The summed E-state index contributed by atoms with van der Waals surface area (Å²) < 4.78 is 7.37. The van der Waals surface area contributed by atoms with Gasteiger partial charge in [-0.05, 0) is 44.2 Å². The Bertz CT molecular complexity index is 785. The first-order valence-corrected chi connectivity index (χ1v) is 7.05. The zero-order chi connectivity index (χ0) is 14.8. The summed E-state index contributed by atoms with van der Waals surface area (Å²) in [7, 11) is 0. The predicted molar refractivity (Wildman–Crippen MR) is 86.2 cm³/mol. The molecule has 0 atom stereocenters. The van der Waals surface area contributed by atoms with Crippen molar-refractivity contribution in [1.82, 2.24) is 4.57 Å². The van der Waals surface area contributed by atoms with E-state index in [2.05, 4.69) is 29.5 Å². The number of benzene rings is 1. The number of aliphatic imine (C=N–C) groups is 1. The van der Waals surface area contributed by atoms with Gasteiger partial charge in [-0.25, -0.2) is 4.99 Å². The number of hydrogen-bond acceptors (Lipinski definition) is 2. The van der Waals surface area contributed by atoms with Crippen molar-refractivity contribution in [3.63, 3.8) is 0 Å². The van der Waals surface area contributed by atoms with Crippen molar-refractivity contribution in [2.75, 3.05) is 0 Å². The fourth-order valence-electron chi connectivity index (χ4n) is 2.41. The Morgan fingerprint density at radius 2 is 2.00 bits per heavy atom. The number of rotatable bonds is 3. The van der Waals surface area contributed by atoms with E-state index < -0.39 is 0 Å². The van der Waals surface area contributed by atoms with Crippen molar-refractivity contribution in [3.8, 4) is 5.69 Å². The van der Waals surface area contributed by atoms with E-state index in [0.717, 1.165) is 27.7 Å². The molecular formula is C17H15ClN2O. The summed E-state index contributed by atoms with van der Waals surface area (Å²) in [6, 6.07) is 13.6. The standard InChI is InChI=1S/C17H15ClN2O/c1-12-9-14(11-19-17-7-4-8-21-17)13(2)20(12)16-6-3-5-15(18)10-16/h3-11H,1-2H3. The van der Waals surface area contributed by atoms with Crippen LogP contribution in [-0.2, 0) is 0 Å². The molecule has 0 aliphatic carbocycles. The zero-order valence-electron chi connectivity index (χ0n) is 11.9. The molecule has 0 saturated carbocycles. The minimum absolute atomic E-state index is 0.600. The third-order valence-corrected chi connectivity index (χ3v) is 3.61. The van der Waals surface area contributed by atoms with Gasteiger partial charge in [0.05, 0.1) is 6.26 Å². The second-order valence-electron chi connectivity index (χ2n) is 4.85. The summed E-state index contributed by atoms with van der Waals surface area (Å²) in [6.07, 6.45) is 3.43. The maximum absolute atomic E-state index is 6.08. The van der Waals surface area contributed by atoms with E-state index in [1.165, 1.54) is 0 Å². The molecule has 2 heterocycles. The third-order valence-electron chi connectivity index (χ3n) is 3.37. The van der Waals surface area contributed by atoms with Crippen LogP contribution in [0.3, 0.4) is 0 Å². The van der Waals surface area contributed by atoms with E-state index in [-0.39, 0.29) is 0 Å². The van der Waals surface area contributed by atoms with Crippen molar-refractivity contribution in [3.05, 3.63) is 70.7 Å². The van der Waals surface area contributed by atoms with Crippen molar-refractivity contribution in [2.24, 2.45) is 4.99 Å². The summed E-state index contributed by atoms with van der Waals surface area (Å²) >= 11 is 6.08. The Labute approximate surface area is 128 Å². The van der Waals surface area contributed by atoms with E-state index in [4.69, 9.17) is 16.0 Å². The Morgan fingerprint density at radius 1 is 1.14 bits per heavy atom. The molecule has 4 heteroatoms. The Hall–Kier alpha value is -2.26. The van der Waals surface area contributed by atoms with Crippen LogP contribution in [0.5, 0.6) is 0 Å². The average molecular weight is 299 g/mol. The zero-order valence-corrected chi connectivity index (χ0v) is 12.6. The lowest BCUT2D eigenvalue weighted by Crippen LogP contribution is -1.99. The Morgan fingerprint density at radius 3 is 2.71 bits per heavy atom. The molecule has 3 aromatic rings. The molecule has 3 rings (SSSR count). The summed E-state index contributed by atoms with van der Waals surface area (Å²) in [6.45, 7) is 4.13. The molecule has 0 radical (unpaired) electrons. The predicted octanol–water partition coefficient (Wildman–Crippen LogP) is 5.09. The maximum Gasteiger partial charge on any atom is 0.218 e. The fourth-order valence-corrected chi connectivity index (χ4v) is 2.59. The number of aryl methyl sites for hydroxylation is 1.